The molecule has 0 aliphatic rings. The summed E-state index contributed by atoms with van der Waals surface area (Å²) in [7, 11) is 1.99. The summed E-state index contributed by atoms with van der Waals surface area (Å²) in [5, 5.41) is 9.97. The summed E-state index contributed by atoms with van der Waals surface area (Å²) in [6, 6.07) is 4.37. The molecule has 0 aliphatic heterocycles. The third-order valence-corrected chi connectivity index (χ3v) is 3.66. The minimum atomic E-state index is -0.965. The maximum Gasteiger partial charge on any atom is 0.164 e. The zero-order valence-corrected chi connectivity index (χ0v) is 11.9. The predicted octanol–water partition coefficient (Wildman–Crippen LogP) is 3.51. The topological polar surface area (TPSA) is 23.5 Å². The first-order valence-corrected chi connectivity index (χ1v) is 6.83. The molecule has 0 aliphatic carbocycles. The molecule has 0 fully saturated rings. The van der Waals surface area contributed by atoms with Gasteiger partial charge in [-0.25, -0.2) is 8.78 Å². The van der Waals surface area contributed by atoms with Crippen molar-refractivity contribution in [3.8, 4) is 0 Å². The summed E-state index contributed by atoms with van der Waals surface area (Å²) in [5.74, 6) is -1.86. The SMILES string of the molecule is CCC(CC)N(C)CCC(O)c1cccc(F)c1F. The van der Waals surface area contributed by atoms with Crippen LogP contribution in [0.15, 0.2) is 18.2 Å². The number of hydrogen-bond donors (Lipinski definition) is 1. The number of nitrogens with zero attached hydrogens (tertiary/aromatic N) is 1. The highest BCUT2D eigenvalue weighted by molar-refractivity contribution is 5.21. The molecule has 0 saturated carbocycles. The van der Waals surface area contributed by atoms with Gasteiger partial charge in [-0.3, -0.25) is 0 Å². The summed E-state index contributed by atoms with van der Waals surface area (Å²) < 4.78 is 26.6. The maximum atomic E-state index is 13.5. The molecule has 0 saturated heterocycles. The van der Waals surface area contributed by atoms with Crippen LogP contribution in [0.3, 0.4) is 0 Å². The highest BCUT2D eigenvalue weighted by Crippen LogP contribution is 2.22. The van der Waals surface area contributed by atoms with Gasteiger partial charge in [0.25, 0.3) is 0 Å². The molecule has 1 aromatic rings. The largest absolute Gasteiger partial charge is 0.388 e. The zero-order chi connectivity index (χ0) is 14.4. The number of benzene rings is 1. The Kier molecular flexibility index (Phi) is 6.38. The standard InChI is InChI=1S/C15H23F2NO/c1-4-11(5-2)18(3)10-9-14(19)12-7-6-8-13(16)15(12)17/h6-8,11,14,19H,4-5,9-10H2,1-3H3. The second-order valence-corrected chi connectivity index (χ2v) is 4.90. The van der Waals surface area contributed by atoms with E-state index in [9.17, 15) is 13.9 Å². The van der Waals surface area contributed by atoms with Crippen molar-refractivity contribution < 1.29 is 13.9 Å². The molecule has 0 bridgehead atoms. The summed E-state index contributed by atoms with van der Waals surface area (Å²) in [5.41, 5.74) is 0.0398. The Bertz CT molecular complexity index is 394. The Morgan fingerprint density at radius 1 is 1.21 bits per heavy atom. The molecule has 0 amide bonds. The molecular weight excluding hydrogens is 248 g/mol. The van der Waals surface area contributed by atoms with E-state index < -0.39 is 17.7 Å². The average molecular weight is 271 g/mol. The van der Waals surface area contributed by atoms with Crippen LogP contribution in [0.1, 0.15) is 44.8 Å². The van der Waals surface area contributed by atoms with Gasteiger partial charge in [0.1, 0.15) is 0 Å². The first-order chi connectivity index (χ1) is 9.01. The van der Waals surface area contributed by atoms with E-state index in [0.29, 0.717) is 19.0 Å². The van der Waals surface area contributed by atoms with E-state index in [2.05, 4.69) is 18.7 Å². The van der Waals surface area contributed by atoms with Crippen molar-refractivity contribution >= 4 is 0 Å². The summed E-state index contributed by atoms with van der Waals surface area (Å²) in [6.07, 6.45) is 1.51. The minimum absolute atomic E-state index is 0.0398. The van der Waals surface area contributed by atoms with Crippen LogP contribution in [0.25, 0.3) is 0 Å². The fourth-order valence-corrected chi connectivity index (χ4v) is 2.35. The van der Waals surface area contributed by atoms with Crippen molar-refractivity contribution in [2.75, 3.05) is 13.6 Å². The maximum absolute atomic E-state index is 13.5. The lowest BCUT2D eigenvalue weighted by Crippen LogP contribution is -2.32. The van der Waals surface area contributed by atoms with Gasteiger partial charge in [0.2, 0.25) is 0 Å². The molecule has 1 aromatic carbocycles. The van der Waals surface area contributed by atoms with Crippen LogP contribution in [0.4, 0.5) is 8.78 Å². The zero-order valence-electron chi connectivity index (χ0n) is 11.9. The molecule has 1 rings (SSSR count). The van der Waals surface area contributed by atoms with Gasteiger partial charge in [0.15, 0.2) is 11.6 Å². The fraction of sp³-hybridized carbons (Fsp3) is 0.600. The molecule has 0 radical (unpaired) electrons. The van der Waals surface area contributed by atoms with Crippen molar-refractivity contribution in [1.29, 1.82) is 0 Å². The molecule has 1 unspecified atom stereocenters. The lowest BCUT2D eigenvalue weighted by Gasteiger charge is -2.27. The predicted molar refractivity (Wildman–Crippen MR) is 72.9 cm³/mol. The van der Waals surface area contributed by atoms with Gasteiger partial charge in [0.05, 0.1) is 6.10 Å². The molecule has 2 nitrogen and oxygen atoms in total. The number of aliphatic hydroxyl groups excluding tert-OH is 1. The number of halogens is 2. The van der Waals surface area contributed by atoms with Crippen molar-refractivity contribution in [2.24, 2.45) is 0 Å². The third-order valence-electron chi connectivity index (χ3n) is 3.66. The van der Waals surface area contributed by atoms with Crippen molar-refractivity contribution in [3.63, 3.8) is 0 Å². The van der Waals surface area contributed by atoms with Gasteiger partial charge in [-0.05, 0) is 32.4 Å². The second-order valence-electron chi connectivity index (χ2n) is 4.90. The number of hydrogen-bond acceptors (Lipinski definition) is 2. The van der Waals surface area contributed by atoms with Crippen molar-refractivity contribution in [2.45, 2.75) is 45.3 Å². The normalized spacial score (nSPS) is 13.3. The monoisotopic (exact) mass is 271 g/mol. The molecule has 1 N–H and O–H groups in total. The van der Waals surface area contributed by atoms with Gasteiger partial charge in [-0.15, -0.1) is 0 Å². The van der Waals surface area contributed by atoms with Crippen LogP contribution < -0.4 is 0 Å². The van der Waals surface area contributed by atoms with E-state index in [1.165, 1.54) is 12.1 Å². The van der Waals surface area contributed by atoms with Crippen LogP contribution in [-0.2, 0) is 0 Å². The highest BCUT2D eigenvalue weighted by atomic mass is 19.2. The lowest BCUT2D eigenvalue weighted by molar-refractivity contribution is 0.130. The Labute approximate surface area is 114 Å². The van der Waals surface area contributed by atoms with E-state index >= 15 is 0 Å². The van der Waals surface area contributed by atoms with E-state index in [0.717, 1.165) is 18.9 Å². The summed E-state index contributed by atoms with van der Waals surface area (Å²) in [6.45, 7) is 4.89. The van der Waals surface area contributed by atoms with Crippen LogP contribution in [0.5, 0.6) is 0 Å². The van der Waals surface area contributed by atoms with Crippen LogP contribution in [-0.4, -0.2) is 29.6 Å². The third kappa shape index (κ3) is 4.25. The van der Waals surface area contributed by atoms with Gasteiger partial charge < -0.3 is 10.0 Å². The number of aliphatic hydroxyl groups is 1. The quantitative estimate of drug-likeness (QED) is 0.820. The number of rotatable bonds is 7. The van der Waals surface area contributed by atoms with Crippen LogP contribution >= 0.6 is 0 Å². The lowest BCUT2D eigenvalue weighted by atomic mass is 10.0. The molecule has 19 heavy (non-hydrogen) atoms. The highest BCUT2D eigenvalue weighted by Gasteiger charge is 2.17. The van der Waals surface area contributed by atoms with E-state index in [1.807, 2.05) is 7.05 Å². The van der Waals surface area contributed by atoms with Gasteiger partial charge in [-0.2, -0.15) is 0 Å². The minimum Gasteiger partial charge on any atom is -0.388 e. The first kappa shape index (κ1) is 16.1. The Morgan fingerprint density at radius 3 is 2.42 bits per heavy atom. The van der Waals surface area contributed by atoms with Gasteiger partial charge in [0, 0.05) is 18.2 Å². The summed E-state index contributed by atoms with van der Waals surface area (Å²) >= 11 is 0. The average Bonchev–Trinajstić information content (AvgIpc) is 2.40. The second kappa shape index (κ2) is 7.56. The smallest absolute Gasteiger partial charge is 0.164 e. The molecular formula is C15H23F2NO. The molecule has 108 valence electrons. The van der Waals surface area contributed by atoms with Crippen LogP contribution in [0, 0.1) is 11.6 Å². The molecule has 0 spiro atoms. The van der Waals surface area contributed by atoms with E-state index in [4.69, 9.17) is 0 Å². The Balaban J connectivity index is 2.60. The van der Waals surface area contributed by atoms with Gasteiger partial charge in [-0.1, -0.05) is 26.0 Å². The first-order valence-electron chi connectivity index (χ1n) is 6.83. The van der Waals surface area contributed by atoms with Crippen molar-refractivity contribution in [1.82, 2.24) is 4.90 Å². The van der Waals surface area contributed by atoms with Gasteiger partial charge >= 0.3 is 0 Å². The van der Waals surface area contributed by atoms with Crippen molar-refractivity contribution in [3.05, 3.63) is 35.4 Å². The summed E-state index contributed by atoms with van der Waals surface area (Å²) in [4.78, 5) is 2.15. The van der Waals surface area contributed by atoms with E-state index in [1.54, 1.807) is 0 Å². The fourth-order valence-electron chi connectivity index (χ4n) is 2.35. The molecule has 1 atom stereocenters. The van der Waals surface area contributed by atoms with Crippen LogP contribution in [0.2, 0.25) is 0 Å². The Hall–Kier alpha value is -1.00. The molecule has 4 heteroatoms. The van der Waals surface area contributed by atoms with E-state index in [-0.39, 0.29) is 5.56 Å². The molecule has 0 heterocycles. The molecule has 0 aromatic heterocycles. The Morgan fingerprint density at radius 2 is 1.84 bits per heavy atom.